The number of carbonyl (C=O) groups is 2. The van der Waals surface area contributed by atoms with Crippen molar-refractivity contribution in [2.75, 3.05) is 23.3 Å². The van der Waals surface area contributed by atoms with Gasteiger partial charge < -0.3 is 15.5 Å². The quantitative estimate of drug-likeness (QED) is 0.809. The Kier molecular flexibility index (Phi) is 5.18. The van der Waals surface area contributed by atoms with Gasteiger partial charge in [-0.2, -0.15) is 0 Å². The summed E-state index contributed by atoms with van der Waals surface area (Å²) in [6.07, 6.45) is 7.44. The normalized spacial score (nSPS) is 13.5. The molecular formula is C20H20N4O2. The number of aromatic nitrogens is 1. The molecule has 0 aliphatic carbocycles. The van der Waals surface area contributed by atoms with E-state index in [2.05, 4.69) is 21.5 Å². The molecule has 2 N–H and O–H groups in total. The molecular weight excluding hydrogens is 328 g/mol. The third kappa shape index (κ3) is 3.67. The van der Waals surface area contributed by atoms with Gasteiger partial charge in [0.25, 0.3) is 5.91 Å². The van der Waals surface area contributed by atoms with Crippen molar-refractivity contribution >= 4 is 23.3 Å². The molecule has 2 aromatic rings. The summed E-state index contributed by atoms with van der Waals surface area (Å²) < 4.78 is 0. The molecule has 6 heteroatoms. The van der Waals surface area contributed by atoms with Crippen molar-refractivity contribution in [2.24, 2.45) is 0 Å². The fourth-order valence-electron chi connectivity index (χ4n) is 2.93. The van der Waals surface area contributed by atoms with Gasteiger partial charge >= 0.3 is 0 Å². The first-order valence-corrected chi connectivity index (χ1v) is 8.43. The summed E-state index contributed by atoms with van der Waals surface area (Å²) in [5.74, 6) is 2.59. The average Bonchev–Trinajstić information content (AvgIpc) is 3.10. The number of hydrogen-bond acceptors (Lipinski definition) is 4. The number of fused-ring (bicyclic) bond motifs is 1. The standard InChI is InChI=1S/C20H20N4O2/c1-3-11-21-19(25)16-8-9-18(22-13-16)23-14(2)20(26)24-12-10-15-6-4-5-7-17(15)24/h1,4-9,13-14H,10-12H2,2H3,(H,21,25)(H,22,23). The summed E-state index contributed by atoms with van der Waals surface area (Å²) in [7, 11) is 0. The summed E-state index contributed by atoms with van der Waals surface area (Å²) >= 11 is 0. The van der Waals surface area contributed by atoms with Gasteiger partial charge in [-0.15, -0.1) is 6.42 Å². The van der Waals surface area contributed by atoms with Crippen molar-refractivity contribution in [2.45, 2.75) is 19.4 Å². The van der Waals surface area contributed by atoms with Crippen LogP contribution in [0.25, 0.3) is 0 Å². The van der Waals surface area contributed by atoms with E-state index in [1.807, 2.05) is 24.3 Å². The largest absolute Gasteiger partial charge is 0.359 e. The summed E-state index contributed by atoms with van der Waals surface area (Å²) in [5, 5.41) is 5.67. The van der Waals surface area contributed by atoms with Crippen LogP contribution in [0.5, 0.6) is 0 Å². The van der Waals surface area contributed by atoms with Crippen LogP contribution in [-0.4, -0.2) is 35.9 Å². The lowest BCUT2D eigenvalue weighted by atomic mass is 10.2. The molecule has 1 aliphatic heterocycles. The van der Waals surface area contributed by atoms with Crippen molar-refractivity contribution in [3.8, 4) is 12.3 Å². The van der Waals surface area contributed by atoms with Crippen LogP contribution in [0.3, 0.4) is 0 Å². The predicted molar refractivity (Wildman–Crippen MR) is 101 cm³/mol. The summed E-state index contributed by atoms with van der Waals surface area (Å²) in [4.78, 5) is 30.6. The van der Waals surface area contributed by atoms with Crippen LogP contribution >= 0.6 is 0 Å². The molecule has 0 fully saturated rings. The highest BCUT2D eigenvalue weighted by Crippen LogP contribution is 2.28. The molecule has 1 aromatic heterocycles. The van der Waals surface area contributed by atoms with Crippen LogP contribution in [-0.2, 0) is 11.2 Å². The lowest BCUT2D eigenvalue weighted by molar-refractivity contribution is -0.118. The number of nitrogens with zero attached hydrogens (tertiary/aromatic N) is 2. The smallest absolute Gasteiger partial charge is 0.253 e. The Morgan fingerprint density at radius 1 is 1.31 bits per heavy atom. The fourth-order valence-corrected chi connectivity index (χ4v) is 2.93. The van der Waals surface area contributed by atoms with Gasteiger partial charge in [-0.25, -0.2) is 4.98 Å². The van der Waals surface area contributed by atoms with Crippen LogP contribution in [0.4, 0.5) is 11.5 Å². The molecule has 1 aliphatic rings. The highest BCUT2D eigenvalue weighted by Gasteiger charge is 2.27. The minimum Gasteiger partial charge on any atom is -0.359 e. The molecule has 132 valence electrons. The summed E-state index contributed by atoms with van der Waals surface area (Å²) in [6, 6.07) is 10.8. The molecule has 0 radical (unpaired) electrons. The summed E-state index contributed by atoms with van der Waals surface area (Å²) in [5.41, 5.74) is 2.58. The highest BCUT2D eigenvalue weighted by atomic mass is 16.2. The predicted octanol–water partition coefficient (Wildman–Crippen LogP) is 1.83. The molecule has 0 saturated carbocycles. The first kappa shape index (κ1) is 17.5. The van der Waals surface area contributed by atoms with E-state index in [1.165, 1.54) is 11.8 Å². The minimum absolute atomic E-state index is 0.00686. The second-order valence-corrected chi connectivity index (χ2v) is 6.05. The Morgan fingerprint density at radius 3 is 2.85 bits per heavy atom. The van der Waals surface area contributed by atoms with Crippen LogP contribution in [0.1, 0.15) is 22.8 Å². The van der Waals surface area contributed by atoms with E-state index in [-0.39, 0.29) is 18.4 Å². The van der Waals surface area contributed by atoms with Crippen molar-refractivity contribution in [1.29, 1.82) is 0 Å². The van der Waals surface area contributed by atoms with Crippen LogP contribution in [0, 0.1) is 12.3 Å². The van der Waals surface area contributed by atoms with E-state index < -0.39 is 6.04 Å². The average molecular weight is 348 g/mol. The van der Waals surface area contributed by atoms with Gasteiger partial charge in [0.1, 0.15) is 11.9 Å². The molecule has 1 aromatic carbocycles. The third-order valence-electron chi connectivity index (χ3n) is 4.26. The second kappa shape index (κ2) is 7.70. The molecule has 0 saturated heterocycles. The van der Waals surface area contributed by atoms with E-state index in [9.17, 15) is 9.59 Å². The number of benzene rings is 1. The molecule has 2 amide bonds. The van der Waals surface area contributed by atoms with Crippen LogP contribution in [0.15, 0.2) is 42.6 Å². The molecule has 3 rings (SSSR count). The van der Waals surface area contributed by atoms with Gasteiger partial charge in [-0.3, -0.25) is 9.59 Å². The highest BCUT2D eigenvalue weighted by molar-refractivity contribution is 6.00. The zero-order valence-corrected chi connectivity index (χ0v) is 14.5. The Balaban J connectivity index is 1.63. The molecule has 1 unspecified atom stereocenters. The molecule has 2 heterocycles. The van der Waals surface area contributed by atoms with Gasteiger partial charge in [0, 0.05) is 18.4 Å². The lowest BCUT2D eigenvalue weighted by Gasteiger charge is -2.22. The Morgan fingerprint density at radius 2 is 2.12 bits per heavy atom. The maximum Gasteiger partial charge on any atom is 0.253 e. The third-order valence-corrected chi connectivity index (χ3v) is 4.26. The second-order valence-electron chi connectivity index (χ2n) is 6.05. The van der Waals surface area contributed by atoms with E-state index in [4.69, 9.17) is 6.42 Å². The summed E-state index contributed by atoms with van der Waals surface area (Å²) in [6.45, 7) is 2.66. The zero-order chi connectivity index (χ0) is 18.5. The van der Waals surface area contributed by atoms with Crippen molar-refractivity contribution in [3.05, 3.63) is 53.7 Å². The molecule has 6 nitrogen and oxygen atoms in total. The van der Waals surface area contributed by atoms with Gasteiger partial charge in [-0.1, -0.05) is 24.1 Å². The number of para-hydroxylation sites is 1. The maximum absolute atomic E-state index is 12.8. The van der Waals surface area contributed by atoms with E-state index in [0.29, 0.717) is 17.9 Å². The van der Waals surface area contributed by atoms with Crippen molar-refractivity contribution < 1.29 is 9.59 Å². The SMILES string of the molecule is C#CCNC(=O)c1ccc(NC(C)C(=O)N2CCc3ccccc32)nc1. The molecule has 0 bridgehead atoms. The molecule has 26 heavy (non-hydrogen) atoms. The van der Waals surface area contributed by atoms with Gasteiger partial charge in [0.05, 0.1) is 12.1 Å². The van der Waals surface area contributed by atoms with Crippen LogP contribution < -0.4 is 15.5 Å². The van der Waals surface area contributed by atoms with E-state index in [1.54, 1.807) is 24.0 Å². The van der Waals surface area contributed by atoms with Gasteiger partial charge in [0.15, 0.2) is 0 Å². The fraction of sp³-hybridized carbons (Fsp3) is 0.250. The number of hydrogen-bond donors (Lipinski definition) is 2. The molecule has 1 atom stereocenters. The van der Waals surface area contributed by atoms with E-state index in [0.717, 1.165) is 12.1 Å². The Labute approximate surface area is 152 Å². The lowest BCUT2D eigenvalue weighted by Crippen LogP contribution is -2.40. The van der Waals surface area contributed by atoms with Gasteiger partial charge in [-0.05, 0) is 37.1 Å². The monoisotopic (exact) mass is 348 g/mol. The van der Waals surface area contributed by atoms with Gasteiger partial charge in [0.2, 0.25) is 5.91 Å². The van der Waals surface area contributed by atoms with E-state index >= 15 is 0 Å². The minimum atomic E-state index is -0.435. The number of anilines is 2. The Hall–Kier alpha value is -3.33. The topological polar surface area (TPSA) is 74.3 Å². The number of amides is 2. The number of terminal acetylenes is 1. The van der Waals surface area contributed by atoms with Crippen molar-refractivity contribution in [1.82, 2.24) is 10.3 Å². The van der Waals surface area contributed by atoms with Crippen LogP contribution in [0.2, 0.25) is 0 Å². The van der Waals surface area contributed by atoms with Crippen molar-refractivity contribution in [3.63, 3.8) is 0 Å². The number of pyridine rings is 1. The molecule has 0 spiro atoms. The number of carbonyl (C=O) groups excluding carboxylic acids is 2. The number of nitrogens with one attached hydrogen (secondary N) is 2. The Bertz CT molecular complexity index is 855. The first-order chi connectivity index (χ1) is 12.6. The zero-order valence-electron chi connectivity index (χ0n) is 14.5. The number of rotatable bonds is 5. The maximum atomic E-state index is 12.8. The first-order valence-electron chi connectivity index (χ1n) is 8.43.